The summed E-state index contributed by atoms with van der Waals surface area (Å²) in [5.41, 5.74) is 1.08. The van der Waals surface area contributed by atoms with E-state index in [0.717, 1.165) is 37.1 Å². The number of sulfonamides is 1. The number of nitrogens with one attached hydrogen (secondary N) is 1. The zero-order valence-corrected chi connectivity index (χ0v) is 19.9. The van der Waals surface area contributed by atoms with E-state index in [4.69, 9.17) is 4.74 Å². The zero-order chi connectivity index (χ0) is 23.3. The lowest BCUT2D eigenvalue weighted by atomic mass is 9.79. The Kier molecular flexibility index (Phi) is 7.93. The summed E-state index contributed by atoms with van der Waals surface area (Å²) in [6.07, 6.45) is 6.09. The Hall–Kier alpha value is -2.10. The largest absolute Gasteiger partial charge is 0.374 e. The molecule has 2 aromatic rings. The van der Waals surface area contributed by atoms with Gasteiger partial charge in [0.05, 0.1) is 17.9 Å². The van der Waals surface area contributed by atoms with Crippen molar-refractivity contribution in [3.63, 3.8) is 0 Å². The van der Waals surface area contributed by atoms with Crippen LogP contribution in [0.25, 0.3) is 0 Å². The van der Waals surface area contributed by atoms with E-state index in [1.165, 1.54) is 6.07 Å². The predicted molar refractivity (Wildman–Crippen MR) is 126 cm³/mol. The molecule has 1 aromatic heterocycles. The van der Waals surface area contributed by atoms with Crippen LogP contribution in [0.5, 0.6) is 0 Å². The number of hydrogen-bond donors (Lipinski definition) is 1. The third-order valence-corrected chi connectivity index (χ3v) is 8.29. The summed E-state index contributed by atoms with van der Waals surface area (Å²) >= 11 is 0. The van der Waals surface area contributed by atoms with Crippen LogP contribution >= 0.6 is 0 Å². The summed E-state index contributed by atoms with van der Waals surface area (Å²) in [5.74, 6) is 1.46. The van der Waals surface area contributed by atoms with Crippen LogP contribution in [0.2, 0.25) is 0 Å². The molecule has 0 bridgehead atoms. The Morgan fingerprint density at radius 1 is 1.15 bits per heavy atom. The third kappa shape index (κ3) is 6.49. The molecule has 2 heterocycles. The lowest BCUT2D eigenvalue weighted by Gasteiger charge is -2.39. The molecule has 1 aliphatic carbocycles. The van der Waals surface area contributed by atoms with Gasteiger partial charge in [-0.2, -0.15) is 5.10 Å². The van der Waals surface area contributed by atoms with Crippen molar-refractivity contribution >= 4 is 15.8 Å². The highest BCUT2D eigenvalue weighted by molar-refractivity contribution is 7.89. The van der Waals surface area contributed by atoms with Crippen molar-refractivity contribution in [3.05, 3.63) is 54.0 Å². The highest BCUT2D eigenvalue weighted by atomic mass is 32.2. The molecule has 1 aromatic carbocycles. The summed E-state index contributed by atoms with van der Waals surface area (Å²) < 4.78 is 47.2. The molecule has 0 unspecified atom stereocenters. The maximum atomic E-state index is 13.6. The van der Waals surface area contributed by atoms with Crippen molar-refractivity contribution < 1.29 is 17.5 Å². The van der Waals surface area contributed by atoms with Crippen LogP contribution in [0, 0.1) is 11.7 Å². The fourth-order valence-electron chi connectivity index (χ4n) is 4.89. The molecule has 33 heavy (non-hydrogen) atoms. The Bertz CT molecular complexity index is 1000. The standard InChI is InChI=1S/C24H33FN4O3S/c1-2-33(30,31)28-22-12-14-29(24-7-4-13-26-27-24)16-23(22)32-17-18-8-10-19(11-9-18)20-5-3-6-21(25)15-20/h3-7,13,15,18-19,22-23,28H,2,8-12,14,16-17H2,1H3/t18?,19?,22-,23+/m0/s1. The van der Waals surface area contributed by atoms with Gasteiger partial charge in [0, 0.05) is 25.9 Å². The quantitative estimate of drug-likeness (QED) is 0.628. The molecule has 1 aliphatic heterocycles. The molecule has 180 valence electrons. The van der Waals surface area contributed by atoms with Gasteiger partial charge in [-0.05, 0) is 80.7 Å². The van der Waals surface area contributed by atoms with Gasteiger partial charge in [-0.25, -0.2) is 17.5 Å². The van der Waals surface area contributed by atoms with E-state index in [2.05, 4.69) is 19.8 Å². The number of aromatic nitrogens is 2. The van der Waals surface area contributed by atoms with Crippen molar-refractivity contribution in [2.75, 3.05) is 30.3 Å². The number of rotatable bonds is 8. The molecule has 7 nitrogen and oxygen atoms in total. The van der Waals surface area contributed by atoms with Crippen molar-refractivity contribution in [1.82, 2.24) is 14.9 Å². The van der Waals surface area contributed by atoms with Crippen molar-refractivity contribution in [2.24, 2.45) is 5.92 Å². The first-order valence-corrected chi connectivity index (χ1v) is 13.5. The van der Waals surface area contributed by atoms with Gasteiger partial charge in [0.1, 0.15) is 5.82 Å². The van der Waals surface area contributed by atoms with Gasteiger partial charge in [0.15, 0.2) is 5.82 Å². The molecule has 1 saturated heterocycles. The van der Waals surface area contributed by atoms with Crippen LogP contribution in [0.3, 0.4) is 0 Å². The van der Waals surface area contributed by atoms with E-state index in [-0.39, 0.29) is 23.7 Å². The fourth-order valence-corrected chi connectivity index (χ4v) is 5.78. The smallest absolute Gasteiger partial charge is 0.211 e. The van der Waals surface area contributed by atoms with Crippen LogP contribution in [0.15, 0.2) is 42.6 Å². The molecular formula is C24H33FN4O3S. The van der Waals surface area contributed by atoms with E-state index < -0.39 is 10.0 Å². The number of nitrogens with zero attached hydrogens (tertiary/aromatic N) is 3. The van der Waals surface area contributed by atoms with Gasteiger partial charge in [-0.3, -0.25) is 0 Å². The minimum absolute atomic E-state index is 0.0498. The average Bonchev–Trinajstić information content (AvgIpc) is 2.84. The Balaban J connectivity index is 1.35. The van der Waals surface area contributed by atoms with E-state index >= 15 is 0 Å². The van der Waals surface area contributed by atoms with Crippen molar-refractivity contribution in [3.8, 4) is 0 Å². The molecule has 0 spiro atoms. The summed E-state index contributed by atoms with van der Waals surface area (Å²) in [6, 6.07) is 10.4. The van der Waals surface area contributed by atoms with Crippen LogP contribution in [0.4, 0.5) is 10.2 Å². The van der Waals surface area contributed by atoms with Crippen LogP contribution in [-0.4, -0.2) is 56.2 Å². The first-order valence-electron chi connectivity index (χ1n) is 11.8. The Morgan fingerprint density at radius 3 is 2.67 bits per heavy atom. The number of anilines is 1. The molecule has 2 atom stereocenters. The highest BCUT2D eigenvalue weighted by Gasteiger charge is 2.34. The van der Waals surface area contributed by atoms with Crippen LogP contribution in [0.1, 0.15) is 50.5 Å². The average molecular weight is 477 g/mol. The van der Waals surface area contributed by atoms with Crippen molar-refractivity contribution in [2.45, 2.75) is 57.1 Å². The summed E-state index contributed by atoms with van der Waals surface area (Å²) in [7, 11) is -3.33. The fraction of sp³-hybridized carbons (Fsp3) is 0.583. The highest BCUT2D eigenvalue weighted by Crippen LogP contribution is 2.36. The first-order chi connectivity index (χ1) is 15.9. The van der Waals surface area contributed by atoms with Crippen LogP contribution < -0.4 is 9.62 Å². The number of ether oxygens (including phenoxy) is 1. The molecule has 1 saturated carbocycles. The summed E-state index contributed by atoms with van der Waals surface area (Å²) in [4.78, 5) is 2.11. The maximum absolute atomic E-state index is 13.6. The van der Waals surface area contributed by atoms with E-state index in [9.17, 15) is 12.8 Å². The number of benzene rings is 1. The minimum atomic E-state index is -3.33. The lowest BCUT2D eigenvalue weighted by molar-refractivity contribution is -0.00133. The van der Waals surface area contributed by atoms with Gasteiger partial charge >= 0.3 is 0 Å². The SMILES string of the molecule is CCS(=O)(=O)N[C@H]1CCN(c2cccnn2)C[C@H]1OCC1CCC(c2cccc(F)c2)CC1. The lowest BCUT2D eigenvalue weighted by Crippen LogP contribution is -2.55. The predicted octanol–water partition coefficient (Wildman–Crippen LogP) is 3.49. The van der Waals surface area contributed by atoms with Gasteiger partial charge in [-0.1, -0.05) is 12.1 Å². The molecule has 4 rings (SSSR count). The maximum Gasteiger partial charge on any atom is 0.211 e. The molecular weight excluding hydrogens is 443 g/mol. The van der Waals surface area contributed by atoms with E-state index in [0.29, 0.717) is 38.0 Å². The summed E-state index contributed by atoms with van der Waals surface area (Å²) in [5, 5.41) is 8.17. The summed E-state index contributed by atoms with van der Waals surface area (Å²) in [6.45, 7) is 3.49. The second-order valence-corrected chi connectivity index (χ2v) is 11.1. The van der Waals surface area contributed by atoms with Gasteiger partial charge in [0.2, 0.25) is 10.0 Å². The topological polar surface area (TPSA) is 84.4 Å². The number of piperidine rings is 1. The monoisotopic (exact) mass is 476 g/mol. The van der Waals surface area contributed by atoms with Gasteiger partial charge in [0.25, 0.3) is 0 Å². The zero-order valence-electron chi connectivity index (χ0n) is 19.1. The minimum Gasteiger partial charge on any atom is -0.374 e. The van der Waals surface area contributed by atoms with Gasteiger partial charge in [-0.15, -0.1) is 5.10 Å². The second-order valence-electron chi connectivity index (χ2n) is 9.09. The molecule has 1 N–H and O–H groups in total. The van der Waals surface area contributed by atoms with E-state index in [1.54, 1.807) is 25.3 Å². The Morgan fingerprint density at radius 2 is 1.97 bits per heavy atom. The van der Waals surface area contributed by atoms with Crippen molar-refractivity contribution in [1.29, 1.82) is 0 Å². The molecule has 2 aliphatic rings. The Labute approximate surface area is 195 Å². The molecule has 9 heteroatoms. The number of hydrogen-bond acceptors (Lipinski definition) is 6. The molecule has 2 fully saturated rings. The third-order valence-electron chi connectivity index (χ3n) is 6.87. The van der Waals surface area contributed by atoms with Gasteiger partial charge < -0.3 is 9.64 Å². The normalized spacial score (nSPS) is 26.3. The number of halogens is 1. The molecule has 0 amide bonds. The first kappa shape index (κ1) is 24.0. The van der Waals surface area contributed by atoms with E-state index in [1.807, 2.05) is 18.2 Å². The van der Waals surface area contributed by atoms with Crippen LogP contribution in [-0.2, 0) is 14.8 Å². The second kappa shape index (κ2) is 10.9. The molecule has 0 radical (unpaired) electrons.